The van der Waals surface area contributed by atoms with Crippen molar-refractivity contribution < 1.29 is 9.13 Å². The molecule has 18 heavy (non-hydrogen) atoms. The van der Waals surface area contributed by atoms with E-state index in [1.807, 2.05) is 0 Å². The highest BCUT2D eigenvalue weighted by atomic mass is 19.1. The summed E-state index contributed by atoms with van der Waals surface area (Å²) in [6, 6.07) is 4.86. The minimum Gasteiger partial charge on any atom is -0.491 e. The Labute approximate surface area is 110 Å². The fourth-order valence-electron chi connectivity index (χ4n) is 1.88. The summed E-state index contributed by atoms with van der Waals surface area (Å²) in [5.74, 6) is -0.179. The molecular formula is C16H23FO. The molecule has 1 aromatic rings. The topological polar surface area (TPSA) is 9.23 Å². The maximum atomic E-state index is 13.5. The van der Waals surface area contributed by atoms with Gasteiger partial charge in [0.15, 0.2) is 11.6 Å². The lowest BCUT2D eigenvalue weighted by atomic mass is 10.1. The zero-order valence-corrected chi connectivity index (χ0v) is 11.3. The van der Waals surface area contributed by atoms with Crippen LogP contribution in [0.3, 0.4) is 0 Å². The van der Waals surface area contributed by atoms with Gasteiger partial charge in [-0.3, -0.25) is 0 Å². The van der Waals surface area contributed by atoms with E-state index in [1.165, 1.54) is 38.2 Å². The molecule has 0 aliphatic carbocycles. The number of ether oxygens (including phenoxy) is 1. The Morgan fingerprint density at radius 2 is 1.72 bits per heavy atom. The van der Waals surface area contributed by atoms with Crippen LogP contribution in [0, 0.1) is 12.7 Å². The monoisotopic (exact) mass is 250 g/mol. The fraction of sp³-hybridized carbons (Fsp3) is 0.562. The van der Waals surface area contributed by atoms with E-state index in [0.717, 1.165) is 12.8 Å². The van der Waals surface area contributed by atoms with Crippen molar-refractivity contribution in [1.82, 2.24) is 0 Å². The third kappa shape index (κ3) is 5.52. The third-order valence-corrected chi connectivity index (χ3v) is 3.00. The largest absolute Gasteiger partial charge is 0.491 e. The summed E-state index contributed by atoms with van der Waals surface area (Å²) in [7, 11) is 0. The first kappa shape index (κ1) is 15.0. The molecule has 1 rings (SSSR count). The summed E-state index contributed by atoms with van der Waals surface area (Å²) in [5.41, 5.74) is 0.145. The van der Waals surface area contributed by atoms with Crippen molar-refractivity contribution >= 4 is 0 Å². The Morgan fingerprint density at radius 1 is 1.06 bits per heavy atom. The molecule has 2 radical (unpaired) electrons. The second kappa shape index (κ2) is 8.96. The second-order valence-electron chi connectivity index (χ2n) is 4.63. The van der Waals surface area contributed by atoms with Gasteiger partial charge in [-0.1, -0.05) is 57.6 Å². The van der Waals surface area contributed by atoms with Gasteiger partial charge in [0.05, 0.1) is 6.61 Å². The van der Waals surface area contributed by atoms with Crippen molar-refractivity contribution in [3.8, 4) is 5.75 Å². The van der Waals surface area contributed by atoms with Crippen LogP contribution in [0.25, 0.3) is 0 Å². The van der Waals surface area contributed by atoms with Gasteiger partial charge >= 0.3 is 0 Å². The standard InChI is InChI=1S/C16H23FO/c1-3-4-5-6-7-8-9-13-18-15-12-10-11-14(2)16(15)17/h2,10-12H,3-9,13H2,1H3. The van der Waals surface area contributed by atoms with Gasteiger partial charge in [-0.15, -0.1) is 0 Å². The van der Waals surface area contributed by atoms with E-state index in [9.17, 15) is 4.39 Å². The number of benzene rings is 1. The lowest BCUT2D eigenvalue weighted by Crippen LogP contribution is -2.00. The summed E-state index contributed by atoms with van der Waals surface area (Å²) in [6.45, 7) is 8.24. The van der Waals surface area contributed by atoms with E-state index in [4.69, 9.17) is 11.7 Å². The van der Waals surface area contributed by atoms with Crippen molar-refractivity contribution in [2.75, 3.05) is 6.61 Å². The van der Waals surface area contributed by atoms with E-state index in [0.29, 0.717) is 6.61 Å². The number of halogens is 1. The molecule has 0 bridgehead atoms. The maximum absolute atomic E-state index is 13.5. The van der Waals surface area contributed by atoms with Crippen LogP contribution in [-0.2, 0) is 0 Å². The molecule has 0 aromatic heterocycles. The van der Waals surface area contributed by atoms with Crippen LogP contribution in [0.2, 0.25) is 0 Å². The van der Waals surface area contributed by atoms with Crippen molar-refractivity contribution in [3.63, 3.8) is 0 Å². The Morgan fingerprint density at radius 3 is 2.44 bits per heavy atom. The average Bonchev–Trinajstić information content (AvgIpc) is 2.37. The normalized spacial score (nSPS) is 10.6. The van der Waals surface area contributed by atoms with Crippen LogP contribution < -0.4 is 4.74 Å². The fourth-order valence-corrected chi connectivity index (χ4v) is 1.88. The molecule has 0 unspecified atom stereocenters. The van der Waals surface area contributed by atoms with Gasteiger partial charge in [-0.2, -0.15) is 0 Å². The molecule has 1 nitrogen and oxygen atoms in total. The van der Waals surface area contributed by atoms with Crippen LogP contribution >= 0.6 is 0 Å². The highest BCUT2D eigenvalue weighted by Crippen LogP contribution is 2.20. The number of hydrogen-bond acceptors (Lipinski definition) is 1. The summed E-state index contributed by atoms with van der Waals surface area (Å²) < 4.78 is 18.9. The first-order valence-corrected chi connectivity index (χ1v) is 6.92. The van der Waals surface area contributed by atoms with Gasteiger partial charge in [0.25, 0.3) is 0 Å². The van der Waals surface area contributed by atoms with Gasteiger partial charge < -0.3 is 4.74 Å². The minimum atomic E-state index is -0.444. The first-order valence-electron chi connectivity index (χ1n) is 6.92. The van der Waals surface area contributed by atoms with Crippen molar-refractivity contribution in [3.05, 3.63) is 36.5 Å². The Hall–Kier alpha value is -1.05. The van der Waals surface area contributed by atoms with Gasteiger partial charge in [0.2, 0.25) is 0 Å². The van der Waals surface area contributed by atoms with Crippen LogP contribution in [0.1, 0.15) is 57.4 Å². The van der Waals surface area contributed by atoms with Crippen molar-refractivity contribution in [2.24, 2.45) is 0 Å². The predicted octanol–water partition coefficient (Wildman–Crippen LogP) is 5.01. The molecule has 0 fully saturated rings. The van der Waals surface area contributed by atoms with Gasteiger partial charge in [0, 0.05) is 6.92 Å². The summed E-state index contributed by atoms with van der Waals surface area (Å²) in [5, 5.41) is 0. The average molecular weight is 250 g/mol. The summed E-state index contributed by atoms with van der Waals surface area (Å²) in [4.78, 5) is 0. The van der Waals surface area contributed by atoms with Crippen LogP contribution in [0.15, 0.2) is 18.2 Å². The highest BCUT2D eigenvalue weighted by Gasteiger charge is 2.05. The van der Waals surface area contributed by atoms with Crippen LogP contribution in [0.5, 0.6) is 5.75 Å². The maximum Gasteiger partial charge on any atom is 0.168 e. The van der Waals surface area contributed by atoms with Gasteiger partial charge in [0.1, 0.15) is 0 Å². The molecule has 0 heterocycles. The Bertz CT molecular complexity index is 336. The number of rotatable bonds is 9. The second-order valence-corrected chi connectivity index (χ2v) is 4.63. The molecule has 0 spiro atoms. The molecule has 0 aliphatic rings. The molecule has 0 N–H and O–H groups in total. The predicted molar refractivity (Wildman–Crippen MR) is 73.3 cm³/mol. The quantitative estimate of drug-likeness (QED) is 0.559. The third-order valence-electron chi connectivity index (χ3n) is 3.00. The molecule has 0 saturated heterocycles. The molecule has 100 valence electrons. The van der Waals surface area contributed by atoms with Gasteiger partial charge in [-0.25, -0.2) is 4.39 Å². The molecule has 0 amide bonds. The molecule has 1 aromatic carbocycles. The van der Waals surface area contributed by atoms with E-state index in [1.54, 1.807) is 12.1 Å². The lowest BCUT2D eigenvalue weighted by Gasteiger charge is -2.08. The van der Waals surface area contributed by atoms with E-state index in [2.05, 4.69) is 6.92 Å². The Balaban J connectivity index is 2.09. The van der Waals surface area contributed by atoms with Crippen LogP contribution in [0.4, 0.5) is 4.39 Å². The molecule has 2 heteroatoms. The van der Waals surface area contributed by atoms with E-state index >= 15 is 0 Å². The number of unbranched alkanes of at least 4 members (excludes halogenated alkanes) is 6. The molecule has 0 aliphatic heterocycles. The smallest absolute Gasteiger partial charge is 0.168 e. The van der Waals surface area contributed by atoms with Crippen molar-refractivity contribution in [1.29, 1.82) is 0 Å². The highest BCUT2D eigenvalue weighted by molar-refractivity contribution is 5.32. The zero-order chi connectivity index (χ0) is 13.2. The van der Waals surface area contributed by atoms with E-state index < -0.39 is 5.82 Å². The van der Waals surface area contributed by atoms with Crippen LogP contribution in [-0.4, -0.2) is 6.61 Å². The van der Waals surface area contributed by atoms with E-state index in [-0.39, 0.29) is 11.3 Å². The van der Waals surface area contributed by atoms with Crippen molar-refractivity contribution in [2.45, 2.75) is 51.9 Å². The molecule has 0 saturated carbocycles. The number of hydrogen-bond donors (Lipinski definition) is 0. The summed E-state index contributed by atoms with van der Waals surface area (Å²) >= 11 is 0. The minimum absolute atomic E-state index is 0.145. The first-order chi connectivity index (χ1) is 8.75. The summed E-state index contributed by atoms with van der Waals surface area (Å²) in [6.07, 6.45) is 8.57. The lowest BCUT2D eigenvalue weighted by molar-refractivity contribution is 0.289. The zero-order valence-electron chi connectivity index (χ0n) is 11.3. The SMILES string of the molecule is [CH]c1cccc(OCCCCCCCCC)c1F. The molecular weight excluding hydrogens is 227 g/mol. The Kier molecular flexibility index (Phi) is 7.47. The van der Waals surface area contributed by atoms with Gasteiger partial charge in [-0.05, 0) is 18.1 Å². The molecule has 0 atom stereocenters.